The Labute approximate surface area is 126 Å². The van der Waals surface area contributed by atoms with Gasteiger partial charge in [0.25, 0.3) is 0 Å². The van der Waals surface area contributed by atoms with Crippen LogP contribution in [-0.4, -0.2) is 6.17 Å². The van der Waals surface area contributed by atoms with Gasteiger partial charge in [-0.3, -0.25) is 0 Å². The molecule has 0 aromatic heterocycles. The van der Waals surface area contributed by atoms with Crippen LogP contribution in [0.5, 0.6) is 0 Å². The maximum atomic E-state index is 13.2. The number of hydrogen-bond donors (Lipinski definition) is 0. The topological polar surface area (TPSA) is 0 Å². The Balaban J connectivity index is 2.30. The third kappa shape index (κ3) is 6.14. The average Bonchev–Trinajstić information content (AvgIpc) is 2.40. The zero-order chi connectivity index (χ0) is 14.8. The van der Waals surface area contributed by atoms with Crippen molar-refractivity contribution in [2.45, 2.75) is 110 Å². The number of alkyl halides is 1. The molecule has 0 aliphatic heterocycles. The molecule has 20 heavy (non-hydrogen) atoms. The van der Waals surface area contributed by atoms with E-state index in [9.17, 15) is 4.39 Å². The van der Waals surface area contributed by atoms with Crippen LogP contribution in [0.4, 0.5) is 4.39 Å². The number of rotatable bonds is 12. The van der Waals surface area contributed by atoms with Crippen molar-refractivity contribution >= 4 is 0 Å². The molecule has 1 atom stereocenters. The first kappa shape index (κ1) is 18.0. The van der Waals surface area contributed by atoms with E-state index in [1.165, 1.54) is 70.6 Å². The highest BCUT2D eigenvalue weighted by Gasteiger charge is 2.41. The fourth-order valence-corrected chi connectivity index (χ4v) is 3.74. The van der Waals surface area contributed by atoms with E-state index in [4.69, 9.17) is 0 Å². The van der Waals surface area contributed by atoms with Crippen LogP contribution >= 0.6 is 0 Å². The minimum atomic E-state index is -0.491. The number of halogens is 1. The molecule has 1 saturated carbocycles. The second-order valence-corrected chi connectivity index (χ2v) is 7.39. The Morgan fingerprint density at radius 3 is 1.70 bits per heavy atom. The lowest BCUT2D eigenvalue weighted by molar-refractivity contribution is 0.0112. The minimum absolute atomic E-state index is 0.433. The average molecular weight is 285 g/mol. The summed E-state index contributed by atoms with van der Waals surface area (Å²) in [6.07, 6.45) is 16.1. The van der Waals surface area contributed by atoms with Crippen molar-refractivity contribution in [3.63, 3.8) is 0 Å². The summed E-state index contributed by atoms with van der Waals surface area (Å²) < 4.78 is 13.2. The van der Waals surface area contributed by atoms with E-state index >= 15 is 0 Å². The normalized spacial score (nSPS) is 25.2. The molecule has 1 aliphatic carbocycles. The first-order chi connectivity index (χ1) is 9.62. The van der Waals surface area contributed by atoms with E-state index in [0.717, 1.165) is 12.8 Å². The zero-order valence-corrected chi connectivity index (χ0v) is 14.2. The molecule has 120 valence electrons. The van der Waals surface area contributed by atoms with E-state index in [-0.39, 0.29) is 0 Å². The van der Waals surface area contributed by atoms with Crippen molar-refractivity contribution in [2.75, 3.05) is 0 Å². The van der Waals surface area contributed by atoms with Gasteiger partial charge in [0.15, 0.2) is 0 Å². The van der Waals surface area contributed by atoms with Gasteiger partial charge in [0.2, 0.25) is 0 Å². The first-order valence-corrected chi connectivity index (χ1v) is 9.26. The largest absolute Gasteiger partial charge is 0.247 e. The van der Waals surface area contributed by atoms with Crippen LogP contribution in [0.15, 0.2) is 0 Å². The predicted octanol–water partition coefficient (Wildman–Crippen LogP) is 7.07. The quantitative estimate of drug-likeness (QED) is 0.336. The second-order valence-electron chi connectivity index (χ2n) is 7.39. The molecule has 0 amide bonds. The molecule has 0 aromatic rings. The van der Waals surface area contributed by atoms with Gasteiger partial charge in [-0.25, -0.2) is 4.39 Å². The van der Waals surface area contributed by atoms with Crippen LogP contribution in [0.3, 0.4) is 0 Å². The number of hydrogen-bond acceptors (Lipinski definition) is 0. The van der Waals surface area contributed by atoms with Gasteiger partial charge in [0.05, 0.1) is 0 Å². The Bertz CT molecular complexity index is 232. The van der Waals surface area contributed by atoms with Crippen LogP contribution in [0.2, 0.25) is 0 Å². The predicted molar refractivity (Wildman–Crippen MR) is 87.9 cm³/mol. The molecule has 0 radical (unpaired) electrons. The van der Waals surface area contributed by atoms with E-state index < -0.39 is 6.17 Å². The summed E-state index contributed by atoms with van der Waals surface area (Å²) in [4.78, 5) is 0. The van der Waals surface area contributed by atoms with Gasteiger partial charge < -0.3 is 0 Å². The molecule has 0 spiro atoms. The lowest BCUT2D eigenvalue weighted by atomic mass is 9.61. The third-order valence-electron chi connectivity index (χ3n) is 5.52. The van der Waals surface area contributed by atoms with Gasteiger partial charge >= 0.3 is 0 Å². The van der Waals surface area contributed by atoms with E-state index in [2.05, 4.69) is 20.8 Å². The fourth-order valence-electron chi connectivity index (χ4n) is 3.74. The molecular weight excluding hydrogens is 247 g/mol. The van der Waals surface area contributed by atoms with Crippen molar-refractivity contribution in [2.24, 2.45) is 11.3 Å². The molecule has 1 unspecified atom stereocenters. The minimum Gasteiger partial charge on any atom is -0.247 e. The number of unbranched alkanes of at least 4 members (excludes halogenated alkanes) is 7. The summed E-state index contributed by atoms with van der Waals surface area (Å²) >= 11 is 0. The third-order valence-corrected chi connectivity index (χ3v) is 5.52. The van der Waals surface area contributed by atoms with Gasteiger partial charge in [0.1, 0.15) is 6.17 Å². The molecule has 0 N–H and O–H groups in total. The van der Waals surface area contributed by atoms with Crippen LogP contribution in [0.25, 0.3) is 0 Å². The van der Waals surface area contributed by atoms with Crippen LogP contribution in [-0.2, 0) is 0 Å². The molecule has 0 nitrogen and oxygen atoms in total. The van der Waals surface area contributed by atoms with Gasteiger partial charge in [-0.15, -0.1) is 0 Å². The molecular formula is C19H37F. The van der Waals surface area contributed by atoms with E-state index in [1.807, 2.05) is 0 Å². The summed E-state index contributed by atoms with van der Waals surface area (Å²) in [7, 11) is 0. The van der Waals surface area contributed by atoms with Crippen molar-refractivity contribution in [3.05, 3.63) is 0 Å². The molecule has 1 heteroatoms. The lowest BCUT2D eigenvalue weighted by Crippen LogP contribution is -2.38. The monoisotopic (exact) mass is 284 g/mol. The van der Waals surface area contributed by atoms with Crippen LogP contribution in [0.1, 0.15) is 104 Å². The van der Waals surface area contributed by atoms with E-state index in [0.29, 0.717) is 11.3 Å². The Morgan fingerprint density at radius 1 is 0.800 bits per heavy atom. The molecule has 1 aliphatic rings. The fraction of sp³-hybridized carbons (Fsp3) is 1.00. The summed E-state index contributed by atoms with van der Waals surface area (Å²) in [6, 6.07) is 0. The van der Waals surface area contributed by atoms with E-state index in [1.54, 1.807) is 0 Å². The first-order valence-electron chi connectivity index (χ1n) is 9.26. The Kier molecular flexibility index (Phi) is 8.80. The van der Waals surface area contributed by atoms with Gasteiger partial charge in [-0.05, 0) is 37.0 Å². The summed E-state index contributed by atoms with van der Waals surface area (Å²) in [5, 5.41) is 0. The highest BCUT2D eigenvalue weighted by Crippen LogP contribution is 2.49. The Hall–Kier alpha value is -0.0700. The molecule has 0 saturated heterocycles. The maximum Gasteiger partial charge on any atom is 0.101 e. The molecule has 1 fully saturated rings. The SMILES string of the molecule is CCCCCCCC(C)(CCCCCC)C1CC(F)C1. The van der Waals surface area contributed by atoms with Crippen molar-refractivity contribution in [3.8, 4) is 0 Å². The summed E-state index contributed by atoms with van der Waals surface area (Å²) in [6.45, 7) is 7.00. The van der Waals surface area contributed by atoms with Crippen molar-refractivity contribution in [1.29, 1.82) is 0 Å². The van der Waals surface area contributed by atoms with Gasteiger partial charge in [-0.2, -0.15) is 0 Å². The highest BCUT2D eigenvalue weighted by atomic mass is 19.1. The zero-order valence-electron chi connectivity index (χ0n) is 14.2. The van der Waals surface area contributed by atoms with Crippen molar-refractivity contribution in [1.82, 2.24) is 0 Å². The molecule has 0 aromatic carbocycles. The molecule has 0 bridgehead atoms. The molecule has 0 heterocycles. The maximum absolute atomic E-state index is 13.2. The second kappa shape index (κ2) is 9.79. The highest BCUT2D eigenvalue weighted by molar-refractivity contribution is 4.92. The standard InChI is InChI=1S/C19H37F/c1-4-6-8-10-12-14-19(3,13-11-9-7-5-2)17-15-18(20)16-17/h17-18H,4-16H2,1-3H3. The van der Waals surface area contributed by atoms with Gasteiger partial charge in [0, 0.05) is 0 Å². The van der Waals surface area contributed by atoms with Gasteiger partial charge in [-0.1, -0.05) is 78.6 Å². The van der Waals surface area contributed by atoms with Crippen molar-refractivity contribution < 1.29 is 4.39 Å². The summed E-state index contributed by atoms with van der Waals surface area (Å²) in [5.74, 6) is 0.672. The van der Waals surface area contributed by atoms with Crippen LogP contribution in [0, 0.1) is 11.3 Å². The smallest absolute Gasteiger partial charge is 0.101 e. The van der Waals surface area contributed by atoms with Crippen LogP contribution < -0.4 is 0 Å². The molecule has 1 rings (SSSR count). The summed E-state index contributed by atoms with van der Waals surface area (Å²) in [5.41, 5.74) is 0.433. The lowest BCUT2D eigenvalue weighted by Gasteiger charge is -2.45. The Morgan fingerprint density at radius 2 is 1.25 bits per heavy atom.